The first kappa shape index (κ1) is 22.1. The fraction of sp³-hybridized carbons (Fsp3) is 0.208. The van der Waals surface area contributed by atoms with E-state index in [1.54, 1.807) is 30.0 Å². The van der Waals surface area contributed by atoms with Crippen molar-refractivity contribution in [3.63, 3.8) is 0 Å². The van der Waals surface area contributed by atoms with Gasteiger partial charge in [-0.1, -0.05) is 24.3 Å². The molecule has 1 N–H and O–H groups in total. The predicted octanol–water partition coefficient (Wildman–Crippen LogP) is -0.0841. The number of pyridine rings is 1. The van der Waals surface area contributed by atoms with Gasteiger partial charge < -0.3 is 38.8 Å². The first-order valence-electron chi connectivity index (χ1n) is 10.1. The average Bonchev–Trinajstić information content (AvgIpc) is 3.23. The Morgan fingerprint density at radius 3 is 2.62 bits per heavy atom. The smallest absolute Gasteiger partial charge is 0.294 e. The van der Waals surface area contributed by atoms with E-state index in [0.29, 0.717) is 22.9 Å². The monoisotopic (exact) mass is 543 g/mol. The van der Waals surface area contributed by atoms with Crippen molar-refractivity contribution in [2.24, 2.45) is 0 Å². The zero-order valence-electron chi connectivity index (χ0n) is 17.7. The molecule has 1 unspecified atom stereocenters. The molecule has 2 aromatic carbocycles. The number of hydrogen-bond acceptors (Lipinski definition) is 4. The van der Waals surface area contributed by atoms with Crippen LogP contribution in [0, 0.1) is 6.92 Å². The van der Waals surface area contributed by atoms with Crippen molar-refractivity contribution >= 4 is 23.2 Å². The van der Waals surface area contributed by atoms with Gasteiger partial charge in [0, 0.05) is 29.6 Å². The lowest BCUT2D eigenvalue weighted by Crippen LogP contribution is -3.00. The summed E-state index contributed by atoms with van der Waals surface area (Å²) in [4.78, 5) is 28.7. The molecule has 3 aromatic rings. The Bertz CT molecular complexity index is 1220. The number of ether oxygens (including phenoxy) is 2. The maximum Gasteiger partial charge on any atom is 0.294 e. The standard InChI is InChI=1S/C24H21N3O4.HI/c1-16-7-3-4-8-18(16)25-23(29)24(2)21-9-5-6-12-26(21)14-22(28)27(24)17-10-11-19-20(13-17)31-15-30-19;/h3-13H,14-15H2,1-2H3;1H. The molecule has 32 heavy (non-hydrogen) atoms. The van der Waals surface area contributed by atoms with Crippen LogP contribution in [-0.2, 0) is 21.7 Å². The second-order valence-electron chi connectivity index (χ2n) is 7.82. The molecule has 7 nitrogen and oxygen atoms in total. The van der Waals surface area contributed by atoms with Gasteiger partial charge in [0.15, 0.2) is 17.7 Å². The molecule has 0 saturated heterocycles. The molecule has 1 atom stereocenters. The van der Waals surface area contributed by atoms with Crippen LogP contribution in [0.3, 0.4) is 0 Å². The van der Waals surface area contributed by atoms with Gasteiger partial charge in [0.05, 0.1) is 0 Å². The highest BCUT2D eigenvalue weighted by molar-refractivity contribution is 6.08. The summed E-state index contributed by atoms with van der Waals surface area (Å²) in [6, 6.07) is 18.5. The van der Waals surface area contributed by atoms with Gasteiger partial charge in [0.25, 0.3) is 11.8 Å². The van der Waals surface area contributed by atoms with Crippen molar-refractivity contribution in [1.82, 2.24) is 0 Å². The number of aryl methyl sites for hydroxylation is 1. The van der Waals surface area contributed by atoms with Gasteiger partial charge in [-0.05, 0) is 37.6 Å². The maximum absolute atomic E-state index is 13.8. The van der Waals surface area contributed by atoms with Crippen molar-refractivity contribution in [2.45, 2.75) is 25.9 Å². The topological polar surface area (TPSA) is 71.8 Å². The van der Waals surface area contributed by atoms with Crippen molar-refractivity contribution in [1.29, 1.82) is 0 Å². The largest absolute Gasteiger partial charge is 1.00 e. The highest BCUT2D eigenvalue weighted by Gasteiger charge is 2.54. The fourth-order valence-corrected chi connectivity index (χ4v) is 4.24. The minimum Gasteiger partial charge on any atom is -1.00 e. The molecule has 2 aliphatic heterocycles. The number of para-hydroxylation sites is 1. The van der Waals surface area contributed by atoms with Crippen molar-refractivity contribution in [3.8, 4) is 11.5 Å². The number of carbonyl (C=O) groups excluding carboxylic acids is 2. The Hall–Kier alpha value is -3.14. The summed E-state index contributed by atoms with van der Waals surface area (Å²) in [5, 5.41) is 3.03. The lowest BCUT2D eigenvalue weighted by molar-refractivity contribution is -0.697. The van der Waals surface area contributed by atoms with Crippen LogP contribution >= 0.6 is 0 Å². The molecular weight excluding hydrogens is 521 g/mol. The number of benzene rings is 2. The Morgan fingerprint density at radius 1 is 1.06 bits per heavy atom. The van der Waals surface area contributed by atoms with Crippen LogP contribution in [0.1, 0.15) is 18.2 Å². The van der Waals surface area contributed by atoms with E-state index in [-0.39, 0.29) is 49.1 Å². The van der Waals surface area contributed by atoms with E-state index in [1.807, 2.05) is 60.2 Å². The summed E-state index contributed by atoms with van der Waals surface area (Å²) in [5.74, 6) is 0.685. The second kappa shape index (κ2) is 8.42. The Labute approximate surface area is 203 Å². The zero-order chi connectivity index (χ0) is 21.6. The van der Waals surface area contributed by atoms with Gasteiger partial charge in [-0.2, -0.15) is 4.57 Å². The third kappa shape index (κ3) is 3.48. The van der Waals surface area contributed by atoms with Gasteiger partial charge in [-0.3, -0.25) is 14.5 Å². The van der Waals surface area contributed by atoms with E-state index >= 15 is 0 Å². The lowest BCUT2D eigenvalue weighted by Gasteiger charge is -2.40. The van der Waals surface area contributed by atoms with Crippen molar-refractivity contribution in [2.75, 3.05) is 17.0 Å². The van der Waals surface area contributed by atoms with Crippen LogP contribution in [0.5, 0.6) is 11.5 Å². The molecular formula is C24H22IN3O4. The Kier molecular flexibility index (Phi) is 5.81. The number of aromatic nitrogens is 1. The number of hydrogen-bond donors (Lipinski definition) is 1. The van der Waals surface area contributed by atoms with Crippen molar-refractivity contribution in [3.05, 3.63) is 78.1 Å². The molecule has 0 aliphatic carbocycles. The number of fused-ring (bicyclic) bond motifs is 2. The van der Waals surface area contributed by atoms with Crippen LogP contribution in [0.4, 0.5) is 11.4 Å². The van der Waals surface area contributed by atoms with Crippen LogP contribution in [-0.4, -0.2) is 18.6 Å². The lowest BCUT2D eigenvalue weighted by atomic mass is 9.89. The molecule has 2 aliphatic rings. The molecule has 0 bridgehead atoms. The normalized spacial score (nSPS) is 18.6. The minimum atomic E-state index is -1.29. The van der Waals surface area contributed by atoms with E-state index in [1.165, 1.54) is 0 Å². The first-order chi connectivity index (χ1) is 15.0. The zero-order valence-corrected chi connectivity index (χ0v) is 19.8. The summed E-state index contributed by atoms with van der Waals surface area (Å²) in [6.07, 6.45) is 1.82. The predicted molar refractivity (Wildman–Crippen MR) is 114 cm³/mol. The third-order valence-corrected chi connectivity index (χ3v) is 5.89. The molecule has 0 radical (unpaired) electrons. The fourth-order valence-electron chi connectivity index (χ4n) is 4.24. The number of halogens is 1. The molecule has 0 fully saturated rings. The number of nitrogens with zero attached hydrogens (tertiary/aromatic N) is 2. The Balaban J connectivity index is 0.00000245. The SMILES string of the molecule is Cc1ccccc1NC(=O)C1(C)c2cccc[n+]2CC(=O)N1c1ccc2c(c1)OCO2.[I-]. The minimum absolute atomic E-state index is 0. The van der Waals surface area contributed by atoms with Crippen LogP contribution in [0.15, 0.2) is 66.9 Å². The van der Waals surface area contributed by atoms with Crippen LogP contribution in [0.25, 0.3) is 0 Å². The maximum atomic E-state index is 13.8. The molecule has 0 spiro atoms. The number of carbonyl (C=O) groups is 2. The third-order valence-electron chi connectivity index (χ3n) is 5.89. The highest BCUT2D eigenvalue weighted by atomic mass is 127. The van der Waals surface area contributed by atoms with E-state index < -0.39 is 5.54 Å². The van der Waals surface area contributed by atoms with Gasteiger partial charge in [0.2, 0.25) is 24.6 Å². The van der Waals surface area contributed by atoms with E-state index in [4.69, 9.17) is 9.47 Å². The summed E-state index contributed by atoms with van der Waals surface area (Å²) >= 11 is 0. The molecule has 0 saturated carbocycles. The van der Waals surface area contributed by atoms with Crippen LogP contribution in [0.2, 0.25) is 0 Å². The number of anilines is 2. The quantitative estimate of drug-likeness (QED) is 0.371. The molecule has 5 rings (SSSR count). The number of nitrogens with one attached hydrogen (secondary N) is 1. The van der Waals surface area contributed by atoms with Gasteiger partial charge in [-0.25, -0.2) is 0 Å². The van der Waals surface area contributed by atoms with E-state index in [0.717, 1.165) is 11.3 Å². The second-order valence-corrected chi connectivity index (χ2v) is 7.82. The highest BCUT2D eigenvalue weighted by Crippen LogP contribution is 2.41. The average molecular weight is 543 g/mol. The Morgan fingerprint density at radius 2 is 1.81 bits per heavy atom. The number of rotatable bonds is 3. The number of amides is 2. The van der Waals surface area contributed by atoms with E-state index in [9.17, 15) is 9.59 Å². The molecule has 2 amide bonds. The molecule has 164 valence electrons. The van der Waals surface area contributed by atoms with Gasteiger partial charge >= 0.3 is 0 Å². The molecule has 3 heterocycles. The van der Waals surface area contributed by atoms with Gasteiger partial charge in [0.1, 0.15) is 0 Å². The molecule has 8 heteroatoms. The van der Waals surface area contributed by atoms with Crippen molar-refractivity contribution < 1.29 is 47.6 Å². The van der Waals surface area contributed by atoms with Crippen LogP contribution < -0.4 is 48.2 Å². The summed E-state index contributed by atoms with van der Waals surface area (Å²) in [6.45, 7) is 3.98. The summed E-state index contributed by atoms with van der Waals surface area (Å²) in [5.41, 5.74) is 1.66. The summed E-state index contributed by atoms with van der Waals surface area (Å²) in [7, 11) is 0. The van der Waals surface area contributed by atoms with E-state index in [2.05, 4.69) is 5.32 Å². The first-order valence-corrected chi connectivity index (χ1v) is 10.1. The summed E-state index contributed by atoms with van der Waals surface area (Å²) < 4.78 is 12.7. The molecule has 1 aromatic heterocycles. The van der Waals surface area contributed by atoms with Gasteiger partial charge in [-0.15, -0.1) is 0 Å².